The number of carbonyl (C=O) groups is 2. The van der Waals surface area contributed by atoms with Crippen LogP contribution in [0.15, 0.2) is 33.5 Å². The summed E-state index contributed by atoms with van der Waals surface area (Å²) in [7, 11) is 0. The number of rotatable bonds is 4. The van der Waals surface area contributed by atoms with Crippen LogP contribution in [0, 0.1) is 12.7 Å². The Hall–Kier alpha value is -2.71. The van der Waals surface area contributed by atoms with E-state index in [-0.39, 0.29) is 35.1 Å². The van der Waals surface area contributed by atoms with Crippen LogP contribution in [0.5, 0.6) is 0 Å². The summed E-state index contributed by atoms with van der Waals surface area (Å²) in [6.07, 6.45) is 1.90. The number of carbonyl (C=O) groups excluding carboxylic acids is 2. The Bertz CT molecular complexity index is 955. The van der Waals surface area contributed by atoms with Crippen LogP contribution in [-0.4, -0.2) is 24.9 Å². The molecule has 3 rings (SSSR count). The molecule has 28 heavy (non-hydrogen) atoms. The number of halogens is 2. The first-order valence-corrected chi connectivity index (χ1v) is 8.63. The number of nitrogens with one attached hydrogen (secondary N) is 2. The van der Waals surface area contributed by atoms with Gasteiger partial charge in [0, 0.05) is 18.2 Å². The van der Waals surface area contributed by atoms with Gasteiger partial charge in [0.05, 0.1) is 5.56 Å². The molecule has 1 aliphatic rings. The van der Waals surface area contributed by atoms with Crippen molar-refractivity contribution in [3.63, 3.8) is 0 Å². The van der Waals surface area contributed by atoms with Gasteiger partial charge >= 0.3 is 5.63 Å². The summed E-state index contributed by atoms with van der Waals surface area (Å²) in [5.74, 6) is -1.79. The Morgan fingerprint density at radius 2 is 2.07 bits per heavy atom. The largest absolute Gasteiger partial charge is 0.427 e. The van der Waals surface area contributed by atoms with Gasteiger partial charge in [-0.25, -0.2) is 9.18 Å². The van der Waals surface area contributed by atoms with E-state index < -0.39 is 23.3 Å². The summed E-state index contributed by atoms with van der Waals surface area (Å²) < 4.78 is 18.9. The smallest absolute Gasteiger partial charge is 0.349 e. The van der Waals surface area contributed by atoms with Crippen LogP contribution in [0.1, 0.15) is 50.8 Å². The normalized spacial score (nSPS) is 16.1. The summed E-state index contributed by atoms with van der Waals surface area (Å²) in [6.45, 7) is 3.32. The Labute approximate surface area is 166 Å². The molecule has 1 aliphatic heterocycles. The first-order chi connectivity index (χ1) is 12.9. The van der Waals surface area contributed by atoms with Gasteiger partial charge in [0.15, 0.2) is 0 Å². The lowest BCUT2D eigenvalue weighted by atomic mass is 9.95. The summed E-state index contributed by atoms with van der Waals surface area (Å²) in [4.78, 5) is 36.1. The molecule has 0 saturated carbocycles. The maximum atomic E-state index is 13.5. The molecule has 4 N–H and O–H groups in total. The first-order valence-electron chi connectivity index (χ1n) is 8.63. The van der Waals surface area contributed by atoms with Crippen LogP contribution in [0.4, 0.5) is 10.1 Å². The highest BCUT2D eigenvalue weighted by atomic mass is 35.5. The van der Waals surface area contributed by atoms with E-state index in [9.17, 15) is 18.8 Å². The number of aryl methyl sites for hydroxylation is 1. The predicted octanol–water partition coefficient (Wildman–Crippen LogP) is 2.33. The Kier molecular flexibility index (Phi) is 6.93. The zero-order valence-corrected chi connectivity index (χ0v) is 16.0. The molecular weight excluding hydrogens is 389 g/mol. The highest BCUT2D eigenvalue weighted by molar-refractivity contribution is 6.05. The van der Waals surface area contributed by atoms with Crippen LogP contribution in [0.2, 0.25) is 0 Å². The van der Waals surface area contributed by atoms with E-state index in [1.807, 2.05) is 0 Å². The van der Waals surface area contributed by atoms with Crippen molar-refractivity contribution in [1.29, 1.82) is 0 Å². The van der Waals surface area contributed by atoms with Crippen molar-refractivity contribution in [2.75, 3.05) is 18.4 Å². The first kappa shape index (κ1) is 21.6. The third-order valence-corrected chi connectivity index (χ3v) is 4.58. The molecular formula is C19H21ClFN3O4. The molecule has 2 heterocycles. The summed E-state index contributed by atoms with van der Waals surface area (Å²) >= 11 is 0. The van der Waals surface area contributed by atoms with Crippen LogP contribution < -0.4 is 22.0 Å². The van der Waals surface area contributed by atoms with Crippen molar-refractivity contribution in [2.45, 2.75) is 25.7 Å². The number of primary amides is 1. The predicted molar refractivity (Wildman–Crippen MR) is 105 cm³/mol. The standard InChI is InChI=1S/C19H20FN3O4.ClH/c1-10-7-15(11-3-2-6-22-9-11)27-19(26)16(10)18(25)23-12-4-5-14(20)13(8-12)17(21)24;/h4-5,7-8,11,22H,2-3,6,9H2,1H3,(H2,21,24)(H,23,25);1H. The third-order valence-electron chi connectivity index (χ3n) is 4.58. The number of hydrogen-bond acceptors (Lipinski definition) is 5. The fraction of sp³-hybridized carbons (Fsp3) is 0.316. The van der Waals surface area contributed by atoms with Crippen LogP contribution in [0.3, 0.4) is 0 Å². The van der Waals surface area contributed by atoms with Crippen molar-refractivity contribution >= 4 is 29.9 Å². The molecule has 7 nitrogen and oxygen atoms in total. The third kappa shape index (κ3) is 4.58. The van der Waals surface area contributed by atoms with Gasteiger partial charge in [-0.15, -0.1) is 12.4 Å². The maximum absolute atomic E-state index is 13.5. The minimum absolute atomic E-state index is 0. The van der Waals surface area contributed by atoms with Gasteiger partial charge in [-0.05, 0) is 56.1 Å². The number of benzene rings is 1. The lowest BCUT2D eigenvalue weighted by molar-refractivity contribution is 0.0991. The van der Waals surface area contributed by atoms with Gasteiger partial charge in [0.25, 0.3) is 11.8 Å². The average molecular weight is 410 g/mol. The lowest BCUT2D eigenvalue weighted by Crippen LogP contribution is -2.30. The second kappa shape index (κ2) is 8.99. The highest BCUT2D eigenvalue weighted by Crippen LogP contribution is 2.24. The van der Waals surface area contributed by atoms with Crippen LogP contribution >= 0.6 is 12.4 Å². The molecule has 0 spiro atoms. The molecule has 1 unspecified atom stereocenters. The van der Waals surface area contributed by atoms with E-state index in [4.69, 9.17) is 10.2 Å². The molecule has 1 fully saturated rings. The Balaban J connectivity index is 0.00000280. The minimum Gasteiger partial charge on any atom is -0.427 e. The fourth-order valence-electron chi connectivity index (χ4n) is 3.19. The van der Waals surface area contributed by atoms with Gasteiger partial charge in [-0.1, -0.05) is 0 Å². The van der Waals surface area contributed by atoms with E-state index in [0.717, 1.165) is 38.1 Å². The van der Waals surface area contributed by atoms with Crippen LogP contribution in [0.25, 0.3) is 0 Å². The highest BCUT2D eigenvalue weighted by Gasteiger charge is 2.23. The topological polar surface area (TPSA) is 114 Å². The zero-order chi connectivity index (χ0) is 19.6. The van der Waals surface area contributed by atoms with Crippen molar-refractivity contribution < 1.29 is 18.4 Å². The number of amides is 2. The molecule has 0 bridgehead atoms. The second-order valence-corrected chi connectivity index (χ2v) is 6.55. The molecule has 1 aromatic heterocycles. The van der Waals surface area contributed by atoms with Gasteiger partial charge in [0.2, 0.25) is 0 Å². The van der Waals surface area contributed by atoms with E-state index in [1.54, 1.807) is 13.0 Å². The van der Waals surface area contributed by atoms with E-state index in [2.05, 4.69) is 10.6 Å². The van der Waals surface area contributed by atoms with Crippen molar-refractivity contribution in [3.05, 3.63) is 63.0 Å². The van der Waals surface area contributed by atoms with E-state index in [1.165, 1.54) is 6.07 Å². The molecule has 2 amide bonds. The maximum Gasteiger partial charge on any atom is 0.349 e. The summed E-state index contributed by atoms with van der Waals surface area (Å²) in [5, 5.41) is 5.73. The molecule has 0 aliphatic carbocycles. The van der Waals surface area contributed by atoms with E-state index in [0.29, 0.717) is 11.3 Å². The van der Waals surface area contributed by atoms with Gasteiger partial charge in [0.1, 0.15) is 17.1 Å². The molecule has 1 saturated heterocycles. The SMILES string of the molecule is Cc1cc(C2CCCNC2)oc(=O)c1C(=O)Nc1ccc(F)c(C(N)=O)c1.Cl. The van der Waals surface area contributed by atoms with Crippen LogP contribution in [-0.2, 0) is 0 Å². The number of piperidine rings is 1. The van der Waals surface area contributed by atoms with Crippen molar-refractivity contribution in [2.24, 2.45) is 5.73 Å². The molecule has 1 aromatic carbocycles. The zero-order valence-electron chi connectivity index (χ0n) is 15.2. The summed E-state index contributed by atoms with van der Waals surface area (Å²) in [5.41, 5.74) is 4.52. The van der Waals surface area contributed by atoms with Gasteiger partial charge in [-0.2, -0.15) is 0 Å². The minimum atomic E-state index is -0.954. The molecule has 2 aromatic rings. The van der Waals surface area contributed by atoms with Gasteiger partial charge in [-0.3, -0.25) is 9.59 Å². The van der Waals surface area contributed by atoms with Gasteiger partial charge < -0.3 is 20.8 Å². The number of hydrogen-bond donors (Lipinski definition) is 3. The molecule has 9 heteroatoms. The summed E-state index contributed by atoms with van der Waals surface area (Å²) in [6, 6.07) is 5.12. The van der Waals surface area contributed by atoms with E-state index >= 15 is 0 Å². The monoisotopic (exact) mass is 409 g/mol. The molecule has 1 atom stereocenters. The molecule has 0 radical (unpaired) electrons. The number of anilines is 1. The lowest BCUT2D eigenvalue weighted by Gasteiger charge is -2.22. The second-order valence-electron chi connectivity index (χ2n) is 6.55. The average Bonchev–Trinajstić information content (AvgIpc) is 2.63. The quantitative estimate of drug-likeness (QED) is 0.717. The fourth-order valence-corrected chi connectivity index (χ4v) is 3.19. The Morgan fingerprint density at radius 1 is 1.32 bits per heavy atom. The Morgan fingerprint density at radius 3 is 2.68 bits per heavy atom. The molecule has 150 valence electrons. The van der Waals surface area contributed by atoms with Crippen molar-refractivity contribution in [3.8, 4) is 0 Å². The number of nitrogens with two attached hydrogens (primary N) is 1. The van der Waals surface area contributed by atoms with Crippen molar-refractivity contribution in [1.82, 2.24) is 5.32 Å².